The van der Waals surface area contributed by atoms with E-state index in [0.29, 0.717) is 19.3 Å². The number of hydrogen-bond acceptors (Lipinski definition) is 2. The van der Waals surface area contributed by atoms with E-state index in [-0.39, 0.29) is 6.10 Å². The first-order chi connectivity index (χ1) is 7.88. The fourth-order valence-corrected chi connectivity index (χ4v) is 1.93. The topological polar surface area (TPSA) is 18.5 Å². The molecule has 16 heavy (non-hydrogen) atoms. The molecule has 0 saturated carbocycles. The van der Waals surface area contributed by atoms with Gasteiger partial charge in [-0.15, -0.1) is 6.58 Å². The lowest BCUT2D eigenvalue weighted by molar-refractivity contribution is 0.0278. The van der Waals surface area contributed by atoms with E-state index in [1.165, 1.54) is 5.56 Å². The van der Waals surface area contributed by atoms with Crippen molar-refractivity contribution in [1.82, 2.24) is 0 Å². The van der Waals surface area contributed by atoms with Crippen LogP contribution in [0.2, 0.25) is 0 Å². The second-order valence-corrected chi connectivity index (χ2v) is 4.13. The number of ether oxygens (including phenoxy) is 2. The fraction of sp³-hybridized carbons (Fsp3) is 0.429. The Morgan fingerprint density at radius 1 is 1.38 bits per heavy atom. The molecule has 0 aliphatic carbocycles. The van der Waals surface area contributed by atoms with Gasteiger partial charge in [0.25, 0.3) is 0 Å². The first-order valence-electron chi connectivity index (χ1n) is 5.76. The summed E-state index contributed by atoms with van der Waals surface area (Å²) in [5.41, 5.74) is 1.22. The van der Waals surface area contributed by atoms with Gasteiger partial charge >= 0.3 is 0 Å². The van der Waals surface area contributed by atoms with E-state index in [1.54, 1.807) is 0 Å². The maximum Gasteiger partial charge on any atom is 0.0838 e. The highest BCUT2D eigenvalue weighted by atomic mass is 16.5. The number of hydrogen-bond donors (Lipinski definition) is 0. The second kappa shape index (κ2) is 5.83. The van der Waals surface area contributed by atoms with E-state index in [0.717, 1.165) is 12.8 Å². The maximum absolute atomic E-state index is 5.81. The molecule has 0 unspecified atom stereocenters. The Balaban J connectivity index is 1.73. The molecule has 0 N–H and O–H groups in total. The minimum Gasteiger partial charge on any atom is -0.375 e. The summed E-state index contributed by atoms with van der Waals surface area (Å²) in [7, 11) is 0. The first kappa shape index (κ1) is 11.4. The molecule has 0 aromatic heterocycles. The molecule has 1 aromatic rings. The van der Waals surface area contributed by atoms with Gasteiger partial charge in [-0.3, -0.25) is 0 Å². The minimum atomic E-state index is 0.241. The molecule has 1 heterocycles. The summed E-state index contributed by atoms with van der Waals surface area (Å²) >= 11 is 0. The summed E-state index contributed by atoms with van der Waals surface area (Å²) in [4.78, 5) is 0. The van der Waals surface area contributed by atoms with Crippen molar-refractivity contribution in [3.05, 3.63) is 48.6 Å². The summed E-state index contributed by atoms with van der Waals surface area (Å²) in [5.74, 6) is 0. The van der Waals surface area contributed by atoms with Crippen molar-refractivity contribution in [2.75, 3.05) is 6.61 Å². The van der Waals surface area contributed by atoms with Crippen LogP contribution in [0.3, 0.4) is 0 Å². The van der Waals surface area contributed by atoms with Gasteiger partial charge in [0.15, 0.2) is 0 Å². The molecule has 1 saturated heterocycles. The van der Waals surface area contributed by atoms with Gasteiger partial charge in [0.2, 0.25) is 0 Å². The molecule has 2 rings (SSSR count). The summed E-state index contributed by atoms with van der Waals surface area (Å²) in [6, 6.07) is 10.2. The monoisotopic (exact) mass is 218 g/mol. The standard InChI is InChI=1S/C14H18O2/c1-2-6-13-9-14(11-16-13)15-10-12-7-4-3-5-8-12/h2-5,7-8,13-14H,1,6,9-11H2/t13-,14+/m1/s1. The Kier molecular flexibility index (Phi) is 4.14. The van der Waals surface area contributed by atoms with E-state index < -0.39 is 0 Å². The van der Waals surface area contributed by atoms with Crippen LogP contribution >= 0.6 is 0 Å². The number of rotatable bonds is 5. The summed E-state index contributed by atoms with van der Waals surface area (Å²) in [6.07, 6.45) is 4.36. The number of benzene rings is 1. The molecule has 0 amide bonds. The Labute approximate surface area is 96.9 Å². The van der Waals surface area contributed by atoms with Crippen LogP contribution in [0.15, 0.2) is 43.0 Å². The Hall–Kier alpha value is -1.12. The third-order valence-electron chi connectivity index (χ3n) is 2.80. The lowest BCUT2D eigenvalue weighted by Crippen LogP contribution is -2.12. The lowest BCUT2D eigenvalue weighted by atomic mass is 10.1. The van der Waals surface area contributed by atoms with Crippen LogP contribution in [-0.4, -0.2) is 18.8 Å². The predicted octanol–water partition coefficient (Wildman–Crippen LogP) is 2.94. The predicted molar refractivity (Wildman–Crippen MR) is 64.2 cm³/mol. The smallest absolute Gasteiger partial charge is 0.0838 e. The zero-order chi connectivity index (χ0) is 11.2. The van der Waals surface area contributed by atoms with Gasteiger partial charge < -0.3 is 9.47 Å². The van der Waals surface area contributed by atoms with Gasteiger partial charge in [0.05, 0.1) is 25.4 Å². The first-order valence-corrected chi connectivity index (χ1v) is 5.76. The molecule has 86 valence electrons. The molecule has 1 aliphatic heterocycles. The maximum atomic E-state index is 5.81. The average molecular weight is 218 g/mol. The molecule has 1 fully saturated rings. The molecule has 0 bridgehead atoms. The van der Waals surface area contributed by atoms with Crippen molar-refractivity contribution in [3.63, 3.8) is 0 Å². The molecule has 0 spiro atoms. The van der Waals surface area contributed by atoms with Gasteiger partial charge in [-0.05, 0) is 12.0 Å². The van der Waals surface area contributed by atoms with E-state index in [4.69, 9.17) is 9.47 Å². The zero-order valence-electron chi connectivity index (χ0n) is 9.47. The molecular weight excluding hydrogens is 200 g/mol. The van der Waals surface area contributed by atoms with E-state index in [9.17, 15) is 0 Å². The van der Waals surface area contributed by atoms with Crippen LogP contribution < -0.4 is 0 Å². The quantitative estimate of drug-likeness (QED) is 0.707. The molecular formula is C14H18O2. The highest BCUT2D eigenvalue weighted by Crippen LogP contribution is 2.20. The van der Waals surface area contributed by atoms with Crippen molar-refractivity contribution in [1.29, 1.82) is 0 Å². The van der Waals surface area contributed by atoms with Crippen molar-refractivity contribution in [2.45, 2.75) is 31.7 Å². The Bertz CT molecular complexity index is 321. The third kappa shape index (κ3) is 3.19. The lowest BCUT2D eigenvalue weighted by Gasteiger charge is -2.09. The van der Waals surface area contributed by atoms with Gasteiger partial charge in [-0.2, -0.15) is 0 Å². The molecule has 2 nitrogen and oxygen atoms in total. The molecule has 1 aromatic carbocycles. The normalized spacial score (nSPS) is 24.5. The van der Waals surface area contributed by atoms with Gasteiger partial charge in [0.1, 0.15) is 0 Å². The van der Waals surface area contributed by atoms with E-state index in [1.807, 2.05) is 24.3 Å². The molecule has 0 radical (unpaired) electrons. The van der Waals surface area contributed by atoms with Gasteiger partial charge in [-0.1, -0.05) is 36.4 Å². The van der Waals surface area contributed by atoms with Gasteiger partial charge in [-0.25, -0.2) is 0 Å². The van der Waals surface area contributed by atoms with Crippen LogP contribution in [0.4, 0.5) is 0 Å². The largest absolute Gasteiger partial charge is 0.375 e. The molecule has 1 aliphatic rings. The van der Waals surface area contributed by atoms with Crippen molar-refractivity contribution >= 4 is 0 Å². The van der Waals surface area contributed by atoms with E-state index >= 15 is 0 Å². The minimum absolute atomic E-state index is 0.241. The fourth-order valence-electron chi connectivity index (χ4n) is 1.93. The highest BCUT2D eigenvalue weighted by Gasteiger charge is 2.24. The molecule has 2 heteroatoms. The highest BCUT2D eigenvalue weighted by molar-refractivity contribution is 5.13. The SMILES string of the molecule is C=CC[C@@H]1C[C@H](OCc2ccccc2)CO1. The Morgan fingerprint density at radius 3 is 2.94 bits per heavy atom. The summed E-state index contributed by atoms with van der Waals surface area (Å²) in [5, 5.41) is 0. The van der Waals surface area contributed by atoms with Crippen molar-refractivity contribution < 1.29 is 9.47 Å². The van der Waals surface area contributed by atoms with Crippen LogP contribution in [0.5, 0.6) is 0 Å². The Morgan fingerprint density at radius 2 is 2.19 bits per heavy atom. The van der Waals surface area contributed by atoms with Crippen LogP contribution in [0, 0.1) is 0 Å². The second-order valence-electron chi connectivity index (χ2n) is 4.13. The zero-order valence-corrected chi connectivity index (χ0v) is 9.47. The van der Waals surface area contributed by atoms with Crippen molar-refractivity contribution in [3.8, 4) is 0 Å². The van der Waals surface area contributed by atoms with Crippen LogP contribution in [0.25, 0.3) is 0 Å². The third-order valence-corrected chi connectivity index (χ3v) is 2.80. The summed E-state index contributed by atoms with van der Waals surface area (Å²) < 4.78 is 11.4. The van der Waals surface area contributed by atoms with Crippen LogP contribution in [0.1, 0.15) is 18.4 Å². The summed E-state index contributed by atoms with van der Waals surface area (Å²) in [6.45, 7) is 5.11. The van der Waals surface area contributed by atoms with Gasteiger partial charge in [0, 0.05) is 6.42 Å². The van der Waals surface area contributed by atoms with Crippen molar-refractivity contribution in [2.24, 2.45) is 0 Å². The average Bonchev–Trinajstić information content (AvgIpc) is 2.76. The van der Waals surface area contributed by atoms with Crippen LogP contribution in [-0.2, 0) is 16.1 Å². The molecule has 2 atom stereocenters. The van der Waals surface area contributed by atoms with E-state index in [2.05, 4.69) is 18.7 Å².